The third kappa shape index (κ3) is 3.43. The van der Waals surface area contributed by atoms with E-state index in [0.717, 1.165) is 0 Å². The lowest BCUT2D eigenvalue weighted by Crippen LogP contribution is -2.20. The maximum atomic E-state index is 12.7. The van der Waals surface area contributed by atoms with Crippen LogP contribution in [-0.2, 0) is 4.79 Å². The van der Waals surface area contributed by atoms with Crippen LogP contribution in [-0.4, -0.2) is 19.6 Å². The zero-order valence-corrected chi connectivity index (χ0v) is 15.3. The smallest absolute Gasteiger partial charge is 0.344 e. The number of nitrogens with two attached hydrogens (primary N) is 1. The number of benzene rings is 2. The summed E-state index contributed by atoms with van der Waals surface area (Å²) < 4.78 is 21.2. The van der Waals surface area contributed by atoms with Crippen molar-refractivity contribution in [2.45, 2.75) is 0 Å². The van der Waals surface area contributed by atoms with E-state index in [9.17, 15) is 14.4 Å². The Morgan fingerprint density at radius 3 is 2.62 bits per heavy atom. The molecular formula is C21H15NO7. The van der Waals surface area contributed by atoms with Gasteiger partial charge in [0.15, 0.2) is 17.9 Å². The highest BCUT2D eigenvalue weighted by Crippen LogP contribution is 2.31. The van der Waals surface area contributed by atoms with Crippen molar-refractivity contribution >= 4 is 27.8 Å². The Labute approximate surface area is 163 Å². The molecular weight excluding hydrogens is 378 g/mol. The van der Waals surface area contributed by atoms with Gasteiger partial charge < -0.3 is 24.0 Å². The van der Waals surface area contributed by atoms with Gasteiger partial charge in [-0.15, -0.1) is 0 Å². The van der Waals surface area contributed by atoms with Gasteiger partial charge in [-0.25, -0.2) is 9.59 Å². The van der Waals surface area contributed by atoms with E-state index in [0.29, 0.717) is 33.4 Å². The largest absolute Gasteiger partial charge is 0.493 e. The van der Waals surface area contributed by atoms with Crippen molar-refractivity contribution in [1.82, 2.24) is 0 Å². The van der Waals surface area contributed by atoms with Crippen LogP contribution >= 0.6 is 0 Å². The van der Waals surface area contributed by atoms with Gasteiger partial charge in [0.1, 0.15) is 11.3 Å². The number of primary amides is 1. The third-order valence-electron chi connectivity index (χ3n) is 4.33. The SMILES string of the molecule is COc1cccc2cc(-c3cc(=O)oc4cc(OCC(N)=O)ccc34)c(=O)oc12. The molecule has 4 aromatic rings. The lowest BCUT2D eigenvalue weighted by Gasteiger charge is -2.09. The van der Waals surface area contributed by atoms with E-state index in [2.05, 4.69) is 0 Å². The van der Waals surface area contributed by atoms with Crippen LogP contribution in [0.5, 0.6) is 11.5 Å². The predicted molar refractivity (Wildman–Crippen MR) is 105 cm³/mol. The molecule has 0 aliphatic carbocycles. The number of hydrogen-bond donors (Lipinski definition) is 1. The minimum Gasteiger partial charge on any atom is -0.493 e. The molecule has 0 saturated carbocycles. The molecule has 0 spiro atoms. The zero-order valence-electron chi connectivity index (χ0n) is 15.3. The van der Waals surface area contributed by atoms with E-state index in [1.807, 2.05) is 0 Å². The van der Waals surface area contributed by atoms with Gasteiger partial charge >= 0.3 is 11.3 Å². The second-order valence-electron chi connectivity index (χ2n) is 6.22. The number of amides is 1. The molecule has 0 aliphatic heterocycles. The summed E-state index contributed by atoms with van der Waals surface area (Å²) >= 11 is 0. The van der Waals surface area contributed by atoms with Crippen molar-refractivity contribution in [1.29, 1.82) is 0 Å². The van der Waals surface area contributed by atoms with Gasteiger partial charge in [-0.2, -0.15) is 0 Å². The molecule has 0 radical (unpaired) electrons. The van der Waals surface area contributed by atoms with Crippen LogP contribution in [0.2, 0.25) is 0 Å². The Balaban J connectivity index is 1.91. The highest BCUT2D eigenvalue weighted by atomic mass is 16.5. The fraction of sp³-hybridized carbons (Fsp3) is 0.0952. The minimum absolute atomic E-state index is 0.194. The van der Waals surface area contributed by atoms with Crippen molar-refractivity contribution in [3.63, 3.8) is 0 Å². The summed E-state index contributed by atoms with van der Waals surface area (Å²) in [6.45, 7) is -0.314. The fourth-order valence-electron chi connectivity index (χ4n) is 3.08. The molecule has 8 heteroatoms. The maximum Gasteiger partial charge on any atom is 0.344 e. The Hall–Kier alpha value is -4.07. The van der Waals surface area contributed by atoms with E-state index in [-0.39, 0.29) is 17.8 Å². The third-order valence-corrected chi connectivity index (χ3v) is 4.33. The van der Waals surface area contributed by atoms with Crippen molar-refractivity contribution in [3.05, 3.63) is 69.4 Å². The Morgan fingerprint density at radius 2 is 1.86 bits per heavy atom. The first kappa shape index (κ1) is 18.3. The lowest BCUT2D eigenvalue weighted by atomic mass is 10.0. The number of carbonyl (C=O) groups is 1. The number of methoxy groups -OCH3 is 1. The first-order valence-corrected chi connectivity index (χ1v) is 8.56. The maximum absolute atomic E-state index is 12.7. The summed E-state index contributed by atoms with van der Waals surface area (Å²) in [6.07, 6.45) is 0. The van der Waals surface area contributed by atoms with E-state index < -0.39 is 17.2 Å². The van der Waals surface area contributed by atoms with Crippen molar-refractivity contribution in [2.75, 3.05) is 13.7 Å². The molecule has 2 N–H and O–H groups in total. The molecule has 2 aromatic carbocycles. The van der Waals surface area contributed by atoms with Gasteiger partial charge in [0, 0.05) is 28.5 Å². The summed E-state index contributed by atoms with van der Waals surface area (Å²) in [5.41, 5.74) is 4.87. The number of hydrogen-bond acceptors (Lipinski definition) is 7. The molecule has 0 fully saturated rings. The van der Waals surface area contributed by atoms with Crippen LogP contribution in [0.4, 0.5) is 0 Å². The van der Waals surface area contributed by atoms with Crippen LogP contribution in [0.3, 0.4) is 0 Å². The average molecular weight is 393 g/mol. The van der Waals surface area contributed by atoms with Crippen LogP contribution in [0, 0.1) is 0 Å². The molecule has 2 aromatic heterocycles. The van der Waals surface area contributed by atoms with Gasteiger partial charge in [-0.3, -0.25) is 4.79 Å². The number of fused-ring (bicyclic) bond motifs is 2. The number of para-hydroxylation sites is 1. The Kier molecular flexibility index (Phi) is 4.52. The fourth-order valence-corrected chi connectivity index (χ4v) is 3.08. The highest BCUT2D eigenvalue weighted by Gasteiger charge is 2.16. The second kappa shape index (κ2) is 7.16. The van der Waals surface area contributed by atoms with Gasteiger partial charge in [0.25, 0.3) is 5.91 Å². The highest BCUT2D eigenvalue weighted by molar-refractivity contribution is 5.96. The molecule has 1 amide bonds. The predicted octanol–water partition coefficient (Wildman–Crippen LogP) is 2.44. The quantitative estimate of drug-likeness (QED) is 0.517. The lowest BCUT2D eigenvalue weighted by molar-refractivity contribution is -0.119. The molecule has 0 saturated heterocycles. The summed E-state index contributed by atoms with van der Waals surface area (Å²) in [7, 11) is 1.48. The standard InChI is InChI=1S/C21H15NO7/c1-26-16-4-2-3-11-7-15(21(25)29-20(11)16)14-9-19(24)28-17-8-12(5-6-13(14)17)27-10-18(22)23/h2-9H,10H2,1H3,(H2,22,23). The molecule has 4 rings (SSSR count). The number of ether oxygens (including phenoxy) is 2. The molecule has 29 heavy (non-hydrogen) atoms. The van der Waals surface area contributed by atoms with E-state index in [4.69, 9.17) is 24.0 Å². The van der Waals surface area contributed by atoms with Crippen LogP contribution in [0.15, 0.2) is 67.0 Å². The monoisotopic (exact) mass is 393 g/mol. The van der Waals surface area contributed by atoms with E-state index in [1.165, 1.54) is 19.2 Å². The average Bonchev–Trinajstić information content (AvgIpc) is 2.70. The zero-order chi connectivity index (χ0) is 20.5. The molecule has 146 valence electrons. The molecule has 2 heterocycles. The Bertz CT molecular complexity index is 1370. The summed E-state index contributed by atoms with van der Waals surface area (Å²) in [5, 5.41) is 1.15. The van der Waals surface area contributed by atoms with Gasteiger partial charge in [0.2, 0.25) is 0 Å². The van der Waals surface area contributed by atoms with Gasteiger partial charge in [0.05, 0.1) is 12.7 Å². The van der Waals surface area contributed by atoms with Crippen LogP contribution in [0.25, 0.3) is 33.1 Å². The van der Waals surface area contributed by atoms with Crippen molar-refractivity contribution in [2.24, 2.45) is 5.73 Å². The molecule has 0 atom stereocenters. The second-order valence-corrected chi connectivity index (χ2v) is 6.22. The first-order chi connectivity index (χ1) is 14.0. The van der Waals surface area contributed by atoms with Crippen LogP contribution < -0.4 is 26.5 Å². The Morgan fingerprint density at radius 1 is 1.03 bits per heavy atom. The minimum atomic E-state index is -0.648. The molecule has 0 unspecified atom stereocenters. The van der Waals surface area contributed by atoms with Crippen molar-refractivity contribution in [3.8, 4) is 22.6 Å². The van der Waals surface area contributed by atoms with Gasteiger partial charge in [-0.1, -0.05) is 12.1 Å². The summed E-state index contributed by atoms with van der Waals surface area (Å²) in [5.74, 6) is 0.0937. The molecule has 0 bridgehead atoms. The normalized spacial score (nSPS) is 10.9. The van der Waals surface area contributed by atoms with Crippen molar-refractivity contribution < 1.29 is 23.1 Å². The van der Waals surface area contributed by atoms with Gasteiger partial charge in [-0.05, 0) is 24.3 Å². The number of carbonyl (C=O) groups excluding carboxylic acids is 1. The molecule has 0 aliphatic rings. The first-order valence-electron chi connectivity index (χ1n) is 8.56. The summed E-state index contributed by atoms with van der Waals surface area (Å²) in [6, 6.07) is 12.7. The topological polar surface area (TPSA) is 122 Å². The van der Waals surface area contributed by atoms with E-state index >= 15 is 0 Å². The van der Waals surface area contributed by atoms with E-state index in [1.54, 1.807) is 36.4 Å². The summed E-state index contributed by atoms with van der Waals surface area (Å²) in [4.78, 5) is 35.7. The molecule has 8 nitrogen and oxygen atoms in total. The van der Waals surface area contributed by atoms with Crippen LogP contribution in [0.1, 0.15) is 0 Å². The number of rotatable bonds is 5.